The molecule has 6 nitrogen and oxygen atoms in total. The van der Waals surface area contributed by atoms with Gasteiger partial charge in [-0.05, 0) is 41.8 Å². The highest BCUT2D eigenvalue weighted by Crippen LogP contribution is 2.26. The second-order valence-electron chi connectivity index (χ2n) is 7.14. The van der Waals surface area contributed by atoms with Gasteiger partial charge < -0.3 is 19.7 Å². The second-order valence-corrected chi connectivity index (χ2v) is 7.14. The molecule has 148 valence electrons. The molecule has 0 unspecified atom stereocenters. The van der Waals surface area contributed by atoms with Crippen molar-refractivity contribution in [2.24, 2.45) is 5.92 Å². The third-order valence-corrected chi connectivity index (χ3v) is 4.74. The maximum Gasteiger partial charge on any atom is 0.262 e. The number of rotatable bonds is 6. The van der Waals surface area contributed by atoms with Crippen LogP contribution in [0.1, 0.15) is 25.0 Å². The van der Waals surface area contributed by atoms with Gasteiger partial charge in [0, 0.05) is 24.7 Å². The Bertz CT molecular complexity index is 863. The van der Waals surface area contributed by atoms with E-state index in [9.17, 15) is 9.59 Å². The topological polar surface area (TPSA) is 67.9 Å². The first-order valence-corrected chi connectivity index (χ1v) is 9.44. The molecule has 1 N–H and O–H groups in total. The number of para-hydroxylation sites is 2. The molecule has 0 bridgehead atoms. The molecule has 6 heteroatoms. The maximum atomic E-state index is 12.3. The van der Waals surface area contributed by atoms with Crippen LogP contribution in [0.5, 0.6) is 11.5 Å². The van der Waals surface area contributed by atoms with E-state index in [1.807, 2.05) is 49.1 Å². The van der Waals surface area contributed by atoms with Crippen LogP contribution in [0.15, 0.2) is 42.5 Å². The van der Waals surface area contributed by atoms with E-state index in [1.165, 1.54) is 5.56 Å². The van der Waals surface area contributed by atoms with E-state index in [2.05, 4.69) is 5.32 Å². The van der Waals surface area contributed by atoms with Crippen molar-refractivity contribution in [3.05, 3.63) is 53.6 Å². The van der Waals surface area contributed by atoms with Crippen molar-refractivity contribution in [1.29, 1.82) is 0 Å². The summed E-state index contributed by atoms with van der Waals surface area (Å²) >= 11 is 0. The summed E-state index contributed by atoms with van der Waals surface area (Å²) in [6.07, 6.45) is 0.832. The molecule has 1 aliphatic heterocycles. The molecule has 2 amide bonds. The molecule has 2 aromatic carbocycles. The number of ether oxygens (including phenoxy) is 2. The van der Waals surface area contributed by atoms with Crippen molar-refractivity contribution in [2.45, 2.75) is 26.8 Å². The predicted molar refractivity (Wildman–Crippen MR) is 108 cm³/mol. The fraction of sp³-hybridized carbons (Fsp3) is 0.364. The van der Waals surface area contributed by atoms with Gasteiger partial charge in [0.1, 0.15) is 0 Å². The van der Waals surface area contributed by atoms with E-state index in [4.69, 9.17) is 9.47 Å². The summed E-state index contributed by atoms with van der Waals surface area (Å²) in [7, 11) is 1.56. The third-order valence-electron chi connectivity index (χ3n) is 4.74. The Labute approximate surface area is 165 Å². The lowest BCUT2D eigenvalue weighted by molar-refractivity contribution is -0.135. The first-order chi connectivity index (χ1) is 13.5. The number of carbonyl (C=O) groups excluding carboxylic acids is 2. The van der Waals surface area contributed by atoms with Gasteiger partial charge in [-0.15, -0.1) is 0 Å². The number of amides is 2. The summed E-state index contributed by atoms with van der Waals surface area (Å²) in [6, 6.07) is 13.0. The molecule has 0 aliphatic carbocycles. The van der Waals surface area contributed by atoms with Gasteiger partial charge in [0.05, 0.1) is 7.11 Å². The number of nitrogens with zero attached hydrogens (tertiary/aromatic N) is 1. The van der Waals surface area contributed by atoms with Crippen LogP contribution in [-0.2, 0) is 22.6 Å². The third kappa shape index (κ3) is 4.63. The number of carbonyl (C=O) groups is 2. The Morgan fingerprint density at radius 3 is 2.57 bits per heavy atom. The van der Waals surface area contributed by atoms with Crippen molar-refractivity contribution in [3.8, 4) is 11.5 Å². The number of hydrogen-bond donors (Lipinski definition) is 1. The van der Waals surface area contributed by atoms with Crippen LogP contribution in [0.25, 0.3) is 0 Å². The van der Waals surface area contributed by atoms with Gasteiger partial charge in [-0.3, -0.25) is 9.59 Å². The molecular formula is C22H26N2O4. The molecule has 2 aromatic rings. The fourth-order valence-electron chi connectivity index (χ4n) is 3.27. The van der Waals surface area contributed by atoms with Crippen molar-refractivity contribution >= 4 is 17.5 Å². The van der Waals surface area contributed by atoms with Crippen molar-refractivity contribution in [3.63, 3.8) is 0 Å². The van der Waals surface area contributed by atoms with E-state index < -0.39 is 0 Å². The highest BCUT2D eigenvalue weighted by Gasteiger charge is 2.22. The van der Waals surface area contributed by atoms with Gasteiger partial charge in [0.2, 0.25) is 5.91 Å². The van der Waals surface area contributed by atoms with Crippen molar-refractivity contribution in [2.75, 3.05) is 25.6 Å². The number of fused-ring (bicyclic) bond motifs is 1. The highest BCUT2D eigenvalue weighted by atomic mass is 16.5. The lowest BCUT2D eigenvalue weighted by Crippen LogP contribution is -2.38. The molecule has 1 heterocycles. The average molecular weight is 382 g/mol. The maximum absolute atomic E-state index is 12.3. The first kappa shape index (κ1) is 19.7. The van der Waals surface area contributed by atoms with Crippen molar-refractivity contribution < 1.29 is 19.1 Å². The second kappa shape index (κ2) is 8.78. The molecule has 0 saturated heterocycles. The van der Waals surface area contributed by atoms with Crippen LogP contribution in [0.4, 0.5) is 5.69 Å². The summed E-state index contributed by atoms with van der Waals surface area (Å²) in [5, 5.41) is 2.86. The Kier molecular flexibility index (Phi) is 6.19. The van der Waals surface area contributed by atoms with E-state index in [0.717, 1.165) is 18.5 Å². The molecule has 0 radical (unpaired) electrons. The lowest BCUT2D eigenvalue weighted by atomic mass is 9.98. The van der Waals surface area contributed by atoms with Gasteiger partial charge >= 0.3 is 0 Å². The molecule has 28 heavy (non-hydrogen) atoms. The van der Waals surface area contributed by atoms with Crippen LogP contribution in [-0.4, -0.2) is 37.0 Å². The van der Waals surface area contributed by atoms with Crippen LogP contribution >= 0.6 is 0 Å². The molecule has 0 aromatic heterocycles. The smallest absolute Gasteiger partial charge is 0.262 e. The number of methoxy groups -OCH3 is 1. The number of hydrogen-bond acceptors (Lipinski definition) is 4. The summed E-state index contributed by atoms with van der Waals surface area (Å²) in [4.78, 5) is 26.4. The minimum atomic E-state index is -0.253. The molecule has 0 spiro atoms. The molecular weight excluding hydrogens is 356 g/mol. The zero-order valence-electron chi connectivity index (χ0n) is 16.5. The average Bonchev–Trinajstić information content (AvgIpc) is 2.71. The number of anilines is 1. The molecule has 0 fully saturated rings. The lowest BCUT2D eigenvalue weighted by Gasteiger charge is -2.30. The molecule has 0 saturated carbocycles. The minimum absolute atomic E-state index is 0.0171. The van der Waals surface area contributed by atoms with E-state index >= 15 is 0 Å². The van der Waals surface area contributed by atoms with Crippen molar-refractivity contribution in [1.82, 2.24) is 4.90 Å². The summed E-state index contributed by atoms with van der Waals surface area (Å²) in [5.74, 6) is 0.992. The SMILES string of the molecule is COc1ccccc1OCC(=O)Nc1ccc2c(c1)CN(C(=O)C(C)C)CC2. The number of benzene rings is 2. The monoisotopic (exact) mass is 382 g/mol. The van der Waals surface area contributed by atoms with Gasteiger partial charge in [0.15, 0.2) is 18.1 Å². The predicted octanol–water partition coefficient (Wildman–Crippen LogP) is 3.25. The van der Waals surface area contributed by atoms with Crippen LogP contribution in [0.2, 0.25) is 0 Å². The van der Waals surface area contributed by atoms with Crippen LogP contribution in [0.3, 0.4) is 0 Å². The summed E-state index contributed by atoms with van der Waals surface area (Å²) in [6.45, 7) is 5.03. The minimum Gasteiger partial charge on any atom is -0.493 e. The Balaban J connectivity index is 1.61. The molecule has 3 rings (SSSR count). The molecule has 1 aliphatic rings. The normalized spacial score (nSPS) is 13.1. The quantitative estimate of drug-likeness (QED) is 0.833. The molecule has 0 atom stereocenters. The van der Waals surface area contributed by atoms with Gasteiger partial charge in [-0.2, -0.15) is 0 Å². The Morgan fingerprint density at radius 1 is 1.11 bits per heavy atom. The van der Waals surface area contributed by atoms with E-state index in [0.29, 0.717) is 23.7 Å². The largest absolute Gasteiger partial charge is 0.493 e. The standard InChI is InChI=1S/C22H26N2O4/c1-15(2)22(26)24-11-10-16-8-9-18(12-17(16)13-24)23-21(25)14-28-20-7-5-4-6-19(20)27-3/h4-9,12,15H,10-11,13-14H2,1-3H3,(H,23,25). The van der Waals surface area contributed by atoms with Gasteiger partial charge in [0.25, 0.3) is 5.91 Å². The van der Waals surface area contributed by atoms with E-state index in [-0.39, 0.29) is 24.3 Å². The Morgan fingerprint density at radius 2 is 1.86 bits per heavy atom. The van der Waals surface area contributed by atoms with E-state index in [1.54, 1.807) is 19.2 Å². The summed E-state index contributed by atoms with van der Waals surface area (Å²) in [5.41, 5.74) is 2.99. The zero-order chi connectivity index (χ0) is 20.1. The Hall–Kier alpha value is -3.02. The van der Waals surface area contributed by atoms with Gasteiger partial charge in [-0.25, -0.2) is 0 Å². The first-order valence-electron chi connectivity index (χ1n) is 9.44. The van der Waals surface area contributed by atoms with Gasteiger partial charge in [-0.1, -0.05) is 32.0 Å². The fourth-order valence-corrected chi connectivity index (χ4v) is 3.27. The zero-order valence-corrected chi connectivity index (χ0v) is 16.5. The van der Waals surface area contributed by atoms with Crippen LogP contribution in [0, 0.1) is 5.92 Å². The number of nitrogens with one attached hydrogen (secondary N) is 1. The highest BCUT2D eigenvalue weighted by molar-refractivity contribution is 5.92. The van der Waals surface area contributed by atoms with Crippen LogP contribution < -0.4 is 14.8 Å². The summed E-state index contributed by atoms with van der Waals surface area (Å²) < 4.78 is 10.8.